The number of alkyl halides is 3. The fourth-order valence-corrected chi connectivity index (χ4v) is 2.58. The third-order valence-electron chi connectivity index (χ3n) is 2.57. The van der Waals surface area contributed by atoms with Gasteiger partial charge in [-0.2, -0.15) is 13.2 Å². The molecule has 2 rings (SSSR count). The molecule has 2 aromatic heterocycles. The molecular formula is C11H10F3N3S2. The van der Waals surface area contributed by atoms with Crippen LogP contribution in [0.2, 0.25) is 0 Å². The van der Waals surface area contributed by atoms with Crippen molar-refractivity contribution in [2.75, 3.05) is 0 Å². The van der Waals surface area contributed by atoms with Crippen molar-refractivity contribution in [3.05, 3.63) is 29.9 Å². The molecule has 0 amide bonds. The van der Waals surface area contributed by atoms with Gasteiger partial charge in [0.25, 0.3) is 0 Å². The molecule has 0 saturated carbocycles. The van der Waals surface area contributed by atoms with Crippen molar-refractivity contribution in [2.45, 2.75) is 12.7 Å². The van der Waals surface area contributed by atoms with E-state index in [4.69, 9.17) is 5.73 Å². The van der Waals surface area contributed by atoms with Crippen LogP contribution in [-0.2, 0) is 6.54 Å². The molecule has 0 aliphatic heterocycles. The number of hydrogen-bond donors (Lipinski definition) is 1. The largest absolute Gasteiger partial charge is 0.399 e. The number of rotatable bonds is 4. The van der Waals surface area contributed by atoms with Crippen LogP contribution in [0.4, 0.5) is 13.2 Å². The summed E-state index contributed by atoms with van der Waals surface area (Å²) in [6.45, 7) is -0.355. The van der Waals surface area contributed by atoms with Gasteiger partial charge < -0.3 is 10.3 Å². The van der Waals surface area contributed by atoms with Gasteiger partial charge >= 0.3 is 6.18 Å². The van der Waals surface area contributed by atoms with Gasteiger partial charge in [-0.05, 0) is 11.4 Å². The van der Waals surface area contributed by atoms with E-state index in [-0.39, 0.29) is 6.54 Å². The van der Waals surface area contributed by atoms with Crippen LogP contribution >= 0.6 is 23.6 Å². The Morgan fingerprint density at radius 1 is 1.53 bits per heavy atom. The first-order chi connectivity index (χ1) is 8.89. The van der Waals surface area contributed by atoms with Crippen LogP contribution in [0.15, 0.2) is 29.9 Å². The van der Waals surface area contributed by atoms with Crippen molar-refractivity contribution in [1.29, 1.82) is 0 Å². The zero-order chi connectivity index (χ0) is 14.0. The highest BCUT2D eigenvalue weighted by atomic mass is 32.1. The predicted molar refractivity (Wildman–Crippen MR) is 71.9 cm³/mol. The third-order valence-corrected chi connectivity index (χ3v) is 3.73. The van der Waals surface area contributed by atoms with Crippen LogP contribution in [0.5, 0.6) is 0 Å². The van der Waals surface area contributed by atoms with E-state index < -0.39 is 17.1 Å². The molecule has 2 aromatic rings. The average Bonchev–Trinajstić information content (AvgIpc) is 2.94. The lowest BCUT2D eigenvalue weighted by molar-refractivity contribution is -0.157. The van der Waals surface area contributed by atoms with Gasteiger partial charge in [0.15, 0.2) is 0 Å². The van der Waals surface area contributed by atoms with Crippen LogP contribution in [0, 0.1) is 5.92 Å². The van der Waals surface area contributed by atoms with Gasteiger partial charge in [-0.15, -0.1) is 11.3 Å². The zero-order valence-electron chi connectivity index (χ0n) is 9.59. The SMILES string of the molecule is NC(=S)C(Cn1ccnc1-c1cccs1)C(F)(F)F. The van der Waals surface area contributed by atoms with Crippen molar-refractivity contribution in [3.63, 3.8) is 0 Å². The average molecular weight is 305 g/mol. The minimum absolute atomic E-state index is 0.355. The zero-order valence-corrected chi connectivity index (χ0v) is 11.2. The Morgan fingerprint density at radius 2 is 2.26 bits per heavy atom. The first kappa shape index (κ1) is 14.0. The maximum absolute atomic E-state index is 12.8. The second-order valence-corrected chi connectivity index (χ2v) is 5.30. The van der Waals surface area contributed by atoms with Crippen LogP contribution in [0.25, 0.3) is 10.7 Å². The third kappa shape index (κ3) is 3.13. The van der Waals surface area contributed by atoms with E-state index in [1.807, 2.05) is 11.4 Å². The number of thiophene rings is 1. The van der Waals surface area contributed by atoms with E-state index in [1.54, 1.807) is 6.07 Å². The molecule has 0 saturated heterocycles. The normalized spacial score (nSPS) is 13.4. The van der Waals surface area contributed by atoms with E-state index in [2.05, 4.69) is 17.2 Å². The maximum Gasteiger partial charge on any atom is 0.399 e. The fraction of sp³-hybridized carbons (Fsp3) is 0.273. The van der Waals surface area contributed by atoms with Gasteiger partial charge in [-0.25, -0.2) is 4.98 Å². The van der Waals surface area contributed by atoms with Crippen molar-refractivity contribution >= 4 is 28.5 Å². The first-order valence-corrected chi connectivity index (χ1v) is 6.59. The number of thiocarbonyl (C=S) groups is 1. The van der Waals surface area contributed by atoms with Crippen LogP contribution in [-0.4, -0.2) is 20.7 Å². The van der Waals surface area contributed by atoms with Crippen molar-refractivity contribution < 1.29 is 13.2 Å². The summed E-state index contributed by atoms with van der Waals surface area (Å²) < 4.78 is 39.9. The summed E-state index contributed by atoms with van der Waals surface area (Å²) in [7, 11) is 0. The summed E-state index contributed by atoms with van der Waals surface area (Å²) >= 11 is 5.92. The second kappa shape index (κ2) is 5.30. The van der Waals surface area contributed by atoms with Gasteiger partial charge in [0.1, 0.15) is 11.7 Å². The Morgan fingerprint density at radius 3 is 2.79 bits per heavy atom. The van der Waals surface area contributed by atoms with Crippen LogP contribution < -0.4 is 5.73 Å². The van der Waals surface area contributed by atoms with E-state index in [0.717, 1.165) is 4.88 Å². The minimum atomic E-state index is -4.46. The number of imidazole rings is 1. The standard InChI is InChI=1S/C11H10F3N3S2/c12-11(13,14)7(9(15)18)6-17-4-3-16-10(17)8-2-1-5-19-8/h1-5,7H,6H2,(H2,15,18). The molecule has 3 nitrogen and oxygen atoms in total. The van der Waals surface area contributed by atoms with Crippen LogP contribution in [0.3, 0.4) is 0 Å². The molecule has 2 heterocycles. The smallest absolute Gasteiger partial charge is 0.393 e. The van der Waals surface area contributed by atoms with Gasteiger partial charge in [0.2, 0.25) is 0 Å². The molecule has 0 aliphatic carbocycles. The molecule has 0 fully saturated rings. The van der Waals surface area contributed by atoms with Crippen molar-refractivity contribution in [2.24, 2.45) is 11.7 Å². The topological polar surface area (TPSA) is 43.8 Å². The quantitative estimate of drug-likeness (QED) is 0.883. The molecule has 102 valence electrons. The Kier molecular flexibility index (Phi) is 3.91. The highest BCUT2D eigenvalue weighted by Gasteiger charge is 2.42. The van der Waals surface area contributed by atoms with Gasteiger partial charge in [0.05, 0.1) is 9.87 Å². The highest BCUT2D eigenvalue weighted by molar-refractivity contribution is 7.80. The Hall–Kier alpha value is -1.41. The number of nitrogens with two attached hydrogens (primary N) is 1. The van der Waals surface area contributed by atoms with E-state index in [1.165, 1.54) is 28.3 Å². The predicted octanol–water partition coefficient (Wildman–Crippen LogP) is 3.08. The lowest BCUT2D eigenvalue weighted by atomic mass is 10.1. The maximum atomic E-state index is 12.8. The number of nitrogens with zero attached hydrogens (tertiary/aromatic N) is 2. The molecule has 0 aromatic carbocycles. The van der Waals surface area contributed by atoms with E-state index in [9.17, 15) is 13.2 Å². The van der Waals surface area contributed by atoms with Gasteiger partial charge in [-0.1, -0.05) is 18.3 Å². The molecule has 19 heavy (non-hydrogen) atoms. The Labute approximate surface area is 116 Å². The Balaban J connectivity index is 2.29. The first-order valence-electron chi connectivity index (χ1n) is 5.30. The Bertz CT molecular complexity index is 560. The molecule has 2 N–H and O–H groups in total. The number of halogens is 3. The molecule has 0 radical (unpaired) electrons. The number of aromatic nitrogens is 2. The molecule has 0 aliphatic rings. The number of hydrogen-bond acceptors (Lipinski definition) is 3. The minimum Gasteiger partial charge on any atom is -0.393 e. The fourth-order valence-electron chi connectivity index (χ4n) is 1.64. The van der Waals surface area contributed by atoms with Gasteiger partial charge in [-0.3, -0.25) is 0 Å². The summed E-state index contributed by atoms with van der Waals surface area (Å²) in [5.74, 6) is -1.36. The van der Waals surface area contributed by atoms with E-state index >= 15 is 0 Å². The summed E-state index contributed by atoms with van der Waals surface area (Å²) in [6.07, 6.45) is -1.50. The summed E-state index contributed by atoms with van der Waals surface area (Å²) in [6, 6.07) is 3.61. The molecular weight excluding hydrogens is 295 g/mol. The molecule has 1 unspecified atom stereocenters. The lowest BCUT2D eigenvalue weighted by Gasteiger charge is -2.20. The highest BCUT2D eigenvalue weighted by Crippen LogP contribution is 2.30. The summed E-state index contributed by atoms with van der Waals surface area (Å²) in [4.78, 5) is 4.32. The van der Waals surface area contributed by atoms with Crippen LogP contribution in [0.1, 0.15) is 0 Å². The molecule has 8 heteroatoms. The van der Waals surface area contributed by atoms with E-state index in [0.29, 0.717) is 5.82 Å². The van der Waals surface area contributed by atoms with Gasteiger partial charge in [0, 0.05) is 18.9 Å². The second-order valence-electron chi connectivity index (χ2n) is 3.88. The molecule has 1 atom stereocenters. The summed E-state index contributed by atoms with van der Waals surface area (Å²) in [5.41, 5.74) is 5.19. The lowest BCUT2D eigenvalue weighted by Crippen LogP contribution is -2.37. The summed E-state index contributed by atoms with van der Waals surface area (Å²) in [5, 5.41) is 1.84. The molecule has 0 spiro atoms. The monoisotopic (exact) mass is 305 g/mol. The molecule has 0 bridgehead atoms. The van der Waals surface area contributed by atoms with Crippen molar-refractivity contribution in [3.8, 4) is 10.7 Å². The van der Waals surface area contributed by atoms with Crippen molar-refractivity contribution in [1.82, 2.24) is 9.55 Å².